The molecule has 116 valence electrons. The van der Waals surface area contributed by atoms with Gasteiger partial charge in [-0.25, -0.2) is 8.42 Å². The van der Waals surface area contributed by atoms with Crippen molar-refractivity contribution in [1.82, 2.24) is 9.62 Å². The number of rotatable bonds is 5. The summed E-state index contributed by atoms with van der Waals surface area (Å²) in [5.41, 5.74) is 0.274. The summed E-state index contributed by atoms with van der Waals surface area (Å²) in [4.78, 5) is 12.1. The highest BCUT2D eigenvalue weighted by Gasteiger charge is 2.27. The van der Waals surface area contributed by atoms with Crippen LogP contribution in [0, 0.1) is 0 Å². The lowest BCUT2D eigenvalue weighted by molar-refractivity contribution is 0.0924. The summed E-state index contributed by atoms with van der Waals surface area (Å²) in [6.07, 6.45) is 1.09. The van der Waals surface area contributed by atoms with Crippen LogP contribution in [-0.2, 0) is 10.0 Å². The number of hydrogen-bond donors (Lipinski definition) is 2. The van der Waals surface area contributed by atoms with Crippen LogP contribution in [-0.4, -0.2) is 49.5 Å². The molecule has 7 heteroatoms. The van der Waals surface area contributed by atoms with Gasteiger partial charge < -0.3 is 10.4 Å². The lowest BCUT2D eigenvalue weighted by Gasteiger charge is -2.16. The minimum Gasteiger partial charge on any atom is -0.392 e. The quantitative estimate of drug-likeness (QED) is 0.833. The standard InChI is InChI=1S/C14H20N2O4S/c1-11(17)10-15-14(18)12-5-4-6-13(9-12)21(19,20)16-7-2-3-8-16/h4-6,9,11,17H,2-3,7-8,10H2,1H3,(H,15,18). The zero-order valence-corrected chi connectivity index (χ0v) is 12.8. The maximum absolute atomic E-state index is 12.4. The molecular formula is C14H20N2O4S. The molecule has 2 N–H and O–H groups in total. The Labute approximate surface area is 124 Å². The number of benzene rings is 1. The fourth-order valence-electron chi connectivity index (χ4n) is 2.22. The van der Waals surface area contributed by atoms with Gasteiger partial charge in [0.15, 0.2) is 0 Å². The van der Waals surface area contributed by atoms with Crippen molar-refractivity contribution in [3.63, 3.8) is 0 Å². The van der Waals surface area contributed by atoms with E-state index in [1.165, 1.54) is 16.4 Å². The first-order valence-electron chi connectivity index (χ1n) is 6.98. The molecule has 1 heterocycles. The van der Waals surface area contributed by atoms with Gasteiger partial charge in [0.2, 0.25) is 10.0 Å². The number of nitrogens with zero attached hydrogens (tertiary/aromatic N) is 1. The Morgan fingerprint density at radius 2 is 2.05 bits per heavy atom. The topological polar surface area (TPSA) is 86.7 Å². The lowest BCUT2D eigenvalue weighted by Crippen LogP contribution is -2.31. The van der Waals surface area contributed by atoms with E-state index in [4.69, 9.17) is 5.11 Å². The summed E-state index contributed by atoms with van der Waals surface area (Å²) in [5.74, 6) is -0.394. The van der Waals surface area contributed by atoms with E-state index in [1.807, 2.05) is 0 Å². The molecule has 1 atom stereocenters. The van der Waals surface area contributed by atoms with Gasteiger partial charge >= 0.3 is 0 Å². The molecule has 1 aliphatic heterocycles. The van der Waals surface area contributed by atoms with Crippen LogP contribution in [0.4, 0.5) is 0 Å². The minimum atomic E-state index is -3.52. The summed E-state index contributed by atoms with van der Waals surface area (Å²) >= 11 is 0. The van der Waals surface area contributed by atoms with Crippen molar-refractivity contribution in [2.45, 2.75) is 30.8 Å². The number of aliphatic hydroxyl groups excluding tert-OH is 1. The number of hydrogen-bond acceptors (Lipinski definition) is 4. The van der Waals surface area contributed by atoms with E-state index in [0.29, 0.717) is 13.1 Å². The fraction of sp³-hybridized carbons (Fsp3) is 0.500. The molecule has 1 unspecified atom stereocenters. The number of sulfonamides is 1. The van der Waals surface area contributed by atoms with Crippen molar-refractivity contribution in [1.29, 1.82) is 0 Å². The average molecular weight is 312 g/mol. The molecule has 1 fully saturated rings. The molecule has 0 bridgehead atoms. The molecule has 1 aliphatic rings. The maximum atomic E-state index is 12.4. The maximum Gasteiger partial charge on any atom is 0.251 e. The molecule has 1 saturated heterocycles. The van der Waals surface area contributed by atoms with Crippen LogP contribution in [0.1, 0.15) is 30.1 Å². The fourth-order valence-corrected chi connectivity index (χ4v) is 3.78. The Hall–Kier alpha value is -1.44. The van der Waals surface area contributed by atoms with Gasteiger partial charge in [-0.05, 0) is 38.0 Å². The molecule has 1 aromatic rings. The Bertz CT molecular complexity index is 607. The molecule has 1 aromatic carbocycles. The van der Waals surface area contributed by atoms with E-state index in [1.54, 1.807) is 19.1 Å². The van der Waals surface area contributed by atoms with Gasteiger partial charge in [-0.15, -0.1) is 0 Å². The molecule has 2 rings (SSSR count). The van der Waals surface area contributed by atoms with Crippen LogP contribution in [0.2, 0.25) is 0 Å². The third kappa shape index (κ3) is 3.81. The molecule has 0 aliphatic carbocycles. The second-order valence-electron chi connectivity index (χ2n) is 5.20. The first-order chi connectivity index (χ1) is 9.91. The summed E-state index contributed by atoms with van der Waals surface area (Å²) in [6, 6.07) is 5.99. The first kappa shape index (κ1) is 15.9. The van der Waals surface area contributed by atoms with E-state index < -0.39 is 22.0 Å². The lowest BCUT2D eigenvalue weighted by atomic mass is 10.2. The van der Waals surface area contributed by atoms with Crippen LogP contribution in [0.25, 0.3) is 0 Å². The summed E-state index contributed by atoms with van der Waals surface area (Å²) in [6.45, 7) is 2.75. The van der Waals surface area contributed by atoms with E-state index in [0.717, 1.165) is 12.8 Å². The van der Waals surface area contributed by atoms with Crippen molar-refractivity contribution < 1.29 is 18.3 Å². The summed E-state index contributed by atoms with van der Waals surface area (Å²) in [5, 5.41) is 11.7. The third-order valence-corrected chi connectivity index (χ3v) is 5.25. The van der Waals surface area contributed by atoms with Gasteiger partial charge in [0.25, 0.3) is 5.91 Å². The second-order valence-corrected chi connectivity index (χ2v) is 7.14. The molecule has 0 spiro atoms. The SMILES string of the molecule is CC(O)CNC(=O)c1cccc(S(=O)(=O)N2CCCC2)c1. The van der Waals surface area contributed by atoms with Crippen molar-refractivity contribution in [3.05, 3.63) is 29.8 Å². The molecule has 21 heavy (non-hydrogen) atoms. The molecule has 1 amide bonds. The highest BCUT2D eigenvalue weighted by molar-refractivity contribution is 7.89. The predicted octanol–water partition coefficient (Wildman–Crippen LogP) is 0.582. The largest absolute Gasteiger partial charge is 0.392 e. The summed E-state index contributed by atoms with van der Waals surface area (Å²) in [7, 11) is -3.52. The van der Waals surface area contributed by atoms with E-state index in [-0.39, 0.29) is 17.0 Å². The normalized spacial score (nSPS) is 17.6. The Balaban J connectivity index is 2.19. The number of aliphatic hydroxyl groups is 1. The van der Waals surface area contributed by atoms with Crippen LogP contribution in [0.15, 0.2) is 29.2 Å². The predicted molar refractivity (Wildman–Crippen MR) is 78.4 cm³/mol. The van der Waals surface area contributed by atoms with Gasteiger partial charge in [0.1, 0.15) is 0 Å². The Kier molecular flexibility index (Phi) is 4.97. The number of carbonyl (C=O) groups is 1. The zero-order valence-electron chi connectivity index (χ0n) is 11.9. The van der Waals surface area contributed by atoms with Gasteiger partial charge in [0, 0.05) is 25.2 Å². The number of carbonyl (C=O) groups excluding carboxylic acids is 1. The van der Waals surface area contributed by atoms with Crippen molar-refractivity contribution >= 4 is 15.9 Å². The van der Waals surface area contributed by atoms with Crippen molar-refractivity contribution in [2.24, 2.45) is 0 Å². The molecule has 6 nitrogen and oxygen atoms in total. The van der Waals surface area contributed by atoms with E-state index >= 15 is 0 Å². The van der Waals surface area contributed by atoms with Gasteiger partial charge in [0.05, 0.1) is 11.0 Å². The highest BCUT2D eigenvalue weighted by atomic mass is 32.2. The number of nitrogens with one attached hydrogen (secondary N) is 1. The zero-order chi connectivity index (χ0) is 15.5. The first-order valence-corrected chi connectivity index (χ1v) is 8.42. The summed E-state index contributed by atoms with van der Waals surface area (Å²) < 4.78 is 26.3. The molecule has 0 radical (unpaired) electrons. The van der Waals surface area contributed by atoms with E-state index in [2.05, 4.69) is 5.32 Å². The smallest absolute Gasteiger partial charge is 0.251 e. The molecule has 0 saturated carbocycles. The Morgan fingerprint density at radius 1 is 1.38 bits per heavy atom. The van der Waals surface area contributed by atoms with Crippen LogP contribution >= 0.6 is 0 Å². The number of amides is 1. The van der Waals surface area contributed by atoms with Gasteiger partial charge in [-0.3, -0.25) is 4.79 Å². The van der Waals surface area contributed by atoms with Crippen LogP contribution in [0.3, 0.4) is 0 Å². The van der Waals surface area contributed by atoms with Crippen molar-refractivity contribution in [3.8, 4) is 0 Å². The Morgan fingerprint density at radius 3 is 2.67 bits per heavy atom. The third-order valence-electron chi connectivity index (χ3n) is 3.36. The van der Waals surface area contributed by atoms with Gasteiger partial charge in [-0.2, -0.15) is 4.31 Å². The monoisotopic (exact) mass is 312 g/mol. The molecular weight excluding hydrogens is 292 g/mol. The van der Waals surface area contributed by atoms with Crippen molar-refractivity contribution in [2.75, 3.05) is 19.6 Å². The van der Waals surface area contributed by atoms with Crippen LogP contribution < -0.4 is 5.32 Å². The van der Waals surface area contributed by atoms with Gasteiger partial charge in [-0.1, -0.05) is 6.07 Å². The van der Waals surface area contributed by atoms with E-state index in [9.17, 15) is 13.2 Å². The second kappa shape index (κ2) is 6.55. The average Bonchev–Trinajstić information content (AvgIpc) is 2.99. The highest BCUT2D eigenvalue weighted by Crippen LogP contribution is 2.21. The minimum absolute atomic E-state index is 0.127. The molecule has 0 aromatic heterocycles. The van der Waals surface area contributed by atoms with Crippen LogP contribution in [0.5, 0.6) is 0 Å².